The fourth-order valence-electron chi connectivity index (χ4n) is 3.45. The van der Waals surface area contributed by atoms with Crippen LogP contribution in [0.3, 0.4) is 0 Å². The number of aryl methyl sites for hydroxylation is 1. The number of nitrogens with zero attached hydrogens (tertiary/aromatic N) is 1. The predicted molar refractivity (Wildman–Crippen MR) is 130 cm³/mol. The summed E-state index contributed by atoms with van der Waals surface area (Å²) in [4.78, 5) is 27.8. The minimum Gasteiger partial charge on any atom is -0.483 e. The molecular formula is C27H38N2O3. The normalized spacial score (nSPS) is 13.2. The first-order valence-corrected chi connectivity index (χ1v) is 11.4. The zero-order chi connectivity index (χ0) is 23.9. The van der Waals surface area contributed by atoms with Crippen LogP contribution in [0.15, 0.2) is 48.5 Å². The van der Waals surface area contributed by atoms with Crippen LogP contribution >= 0.6 is 0 Å². The maximum absolute atomic E-state index is 13.3. The maximum atomic E-state index is 13.3. The average Bonchev–Trinajstić information content (AvgIpc) is 2.75. The molecule has 0 bridgehead atoms. The number of hydrogen-bond donors (Lipinski definition) is 1. The lowest BCUT2D eigenvalue weighted by Crippen LogP contribution is -2.50. The van der Waals surface area contributed by atoms with Crippen molar-refractivity contribution in [3.8, 4) is 5.75 Å². The van der Waals surface area contributed by atoms with E-state index < -0.39 is 6.04 Å². The first-order chi connectivity index (χ1) is 15.0. The molecule has 2 aromatic rings. The molecule has 2 amide bonds. The van der Waals surface area contributed by atoms with Crippen molar-refractivity contribution in [3.05, 3.63) is 65.2 Å². The monoisotopic (exact) mass is 438 g/mol. The van der Waals surface area contributed by atoms with Crippen LogP contribution in [-0.4, -0.2) is 35.4 Å². The molecule has 0 saturated heterocycles. The van der Waals surface area contributed by atoms with Crippen LogP contribution in [0.4, 0.5) is 0 Å². The second-order valence-corrected chi connectivity index (χ2v) is 9.48. The van der Waals surface area contributed by atoms with Crippen molar-refractivity contribution in [2.24, 2.45) is 0 Å². The number of amides is 2. The number of ether oxygens (including phenoxy) is 1. The number of carbonyl (C=O) groups excluding carboxylic acids is 2. The molecular weight excluding hydrogens is 400 g/mol. The molecule has 5 heteroatoms. The summed E-state index contributed by atoms with van der Waals surface area (Å²) in [7, 11) is 0. The van der Waals surface area contributed by atoms with Crippen LogP contribution in [0, 0.1) is 6.92 Å². The molecule has 1 N–H and O–H groups in total. The summed E-state index contributed by atoms with van der Waals surface area (Å²) in [6.45, 7) is 14.3. The largest absolute Gasteiger partial charge is 0.483 e. The van der Waals surface area contributed by atoms with Gasteiger partial charge in [-0.3, -0.25) is 9.59 Å². The lowest BCUT2D eigenvalue weighted by molar-refractivity contribution is -0.142. The van der Waals surface area contributed by atoms with E-state index in [4.69, 9.17) is 4.74 Å². The Bertz CT molecular complexity index is 917. The van der Waals surface area contributed by atoms with Crippen LogP contribution in [-0.2, 0) is 21.5 Å². The van der Waals surface area contributed by atoms with E-state index >= 15 is 0 Å². The third kappa shape index (κ3) is 6.84. The number of nitrogens with one attached hydrogen (secondary N) is 1. The number of benzene rings is 2. The molecule has 0 fully saturated rings. The van der Waals surface area contributed by atoms with E-state index in [-0.39, 0.29) is 29.9 Å². The third-order valence-electron chi connectivity index (χ3n) is 5.82. The molecule has 0 aliphatic carbocycles. The molecule has 2 rings (SSSR count). The SMILES string of the molecule is CC[C@H](C)NC(=O)[C@@H](C)N(Cc1ccccc1C)C(=O)COc1ccccc1C(C)(C)C. The summed E-state index contributed by atoms with van der Waals surface area (Å²) in [5.41, 5.74) is 3.03. The Morgan fingerprint density at radius 3 is 2.28 bits per heavy atom. The van der Waals surface area contributed by atoms with E-state index in [9.17, 15) is 9.59 Å². The smallest absolute Gasteiger partial charge is 0.261 e. The lowest BCUT2D eigenvalue weighted by atomic mass is 9.86. The Morgan fingerprint density at radius 2 is 1.66 bits per heavy atom. The van der Waals surface area contributed by atoms with Gasteiger partial charge in [0.15, 0.2) is 6.61 Å². The zero-order valence-electron chi connectivity index (χ0n) is 20.6. The van der Waals surface area contributed by atoms with Gasteiger partial charge < -0.3 is 15.0 Å². The highest BCUT2D eigenvalue weighted by Crippen LogP contribution is 2.31. The Morgan fingerprint density at radius 1 is 1.03 bits per heavy atom. The van der Waals surface area contributed by atoms with Gasteiger partial charge in [-0.05, 0) is 55.4 Å². The summed E-state index contributed by atoms with van der Waals surface area (Å²) in [5, 5.41) is 2.99. The van der Waals surface area contributed by atoms with Crippen LogP contribution in [0.5, 0.6) is 5.75 Å². The van der Waals surface area contributed by atoms with Crippen LogP contribution in [0.25, 0.3) is 0 Å². The zero-order valence-corrected chi connectivity index (χ0v) is 20.6. The van der Waals surface area contributed by atoms with Gasteiger partial charge in [0, 0.05) is 12.6 Å². The van der Waals surface area contributed by atoms with Crippen molar-refractivity contribution >= 4 is 11.8 Å². The van der Waals surface area contributed by atoms with E-state index in [1.54, 1.807) is 11.8 Å². The number of hydrogen-bond acceptors (Lipinski definition) is 3. The topological polar surface area (TPSA) is 58.6 Å². The molecule has 0 aliphatic rings. The van der Waals surface area contributed by atoms with E-state index in [2.05, 4.69) is 26.1 Å². The van der Waals surface area contributed by atoms with Crippen molar-refractivity contribution in [1.82, 2.24) is 10.2 Å². The molecule has 174 valence electrons. The predicted octanol–water partition coefficient (Wildman–Crippen LogP) is 5.00. The summed E-state index contributed by atoms with van der Waals surface area (Å²) in [6.07, 6.45) is 0.830. The molecule has 0 aromatic heterocycles. The molecule has 5 nitrogen and oxygen atoms in total. The highest BCUT2D eigenvalue weighted by Gasteiger charge is 2.28. The summed E-state index contributed by atoms with van der Waals surface area (Å²) >= 11 is 0. The molecule has 32 heavy (non-hydrogen) atoms. The molecule has 0 spiro atoms. The second-order valence-electron chi connectivity index (χ2n) is 9.48. The van der Waals surface area contributed by atoms with Gasteiger partial charge in [-0.25, -0.2) is 0 Å². The Kier molecular flexibility index (Phi) is 8.88. The van der Waals surface area contributed by atoms with Crippen molar-refractivity contribution in [2.75, 3.05) is 6.61 Å². The average molecular weight is 439 g/mol. The van der Waals surface area contributed by atoms with Gasteiger partial charge in [0.25, 0.3) is 5.91 Å². The Hall–Kier alpha value is -2.82. The molecule has 0 heterocycles. The number of para-hydroxylation sites is 1. The fraction of sp³-hybridized carbons (Fsp3) is 0.481. The van der Waals surface area contributed by atoms with Gasteiger partial charge in [-0.15, -0.1) is 0 Å². The van der Waals surface area contributed by atoms with E-state index in [1.807, 2.05) is 69.3 Å². The lowest BCUT2D eigenvalue weighted by Gasteiger charge is -2.30. The quantitative estimate of drug-likeness (QED) is 0.599. The third-order valence-corrected chi connectivity index (χ3v) is 5.82. The van der Waals surface area contributed by atoms with E-state index in [0.29, 0.717) is 12.3 Å². The van der Waals surface area contributed by atoms with Crippen molar-refractivity contribution in [2.45, 2.75) is 78.9 Å². The van der Waals surface area contributed by atoms with Gasteiger partial charge in [0.2, 0.25) is 5.91 Å². The van der Waals surface area contributed by atoms with Crippen LogP contribution < -0.4 is 10.1 Å². The summed E-state index contributed by atoms with van der Waals surface area (Å²) in [5.74, 6) is 0.320. The molecule has 0 unspecified atom stereocenters. The molecule has 2 atom stereocenters. The van der Waals surface area contributed by atoms with Crippen molar-refractivity contribution < 1.29 is 14.3 Å². The molecule has 0 saturated carbocycles. The number of rotatable bonds is 9. The minimum absolute atomic E-state index is 0.0512. The van der Waals surface area contributed by atoms with E-state index in [1.165, 1.54) is 0 Å². The number of carbonyl (C=O) groups is 2. The van der Waals surface area contributed by atoms with Gasteiger partial charge in [0.1, 0.15) is 11.8 Å². The summed E-state index contributed by atoms with van der Waals surface area (Å²) < 4.78 is 5.98. The maximum Gasteiger partial charge on any atom is 0.261 e. The van der Waals surface area contributed by atoms with E-state index in [0.717, 1.165) is 23.1 Å². The molecule has 2 aromatic carbocycles. The van der Waals surface area contributed by atoms with Crippen molar-refractivity contribution in [3.63, 3.8) is 0 Å². The Labute approximate surface area is 193 Å². The minimum atomic E-state index is -0.613. The van der Waals surface area contributed by atoms with Gasteiger partial charge in [0.05, 0.1) is 0 Å². The molecule has 0 radical (unpaired) electrons. The second kappa shape index (κ2) is 11.2. The van der Waals surface area contributed by atoms with Gasteiger partial charge in [-0.2, -0.15) is 0 Å². The van der Waals surface area contributed by atoms with Gasteiger partial charge >= 0.3 is 0 Å². The van der Waals surface area contributed by atoms with Crippen LogP contribution in [0.2, 0.25) is 0 Å². The van der Waals surface area contributed by atoms with Crippen LogP contribution in [0.1, 0.15) is 64.7 Å². The Balaban J connectivity index is 2.24. The van der Waals surface area contributed by atoms with Gasteiger partial charge in [-0.1, -0.05) is 70.2 Å². The molecule has 0 aliphatic heterocycles. The standard InChI is InChI=1S/C27H38N2O3/c1-8-20(3)28-26(31)21(4)29(17-22-14-10-9-13-19(22)2)25(30)18-32-24-16-12-11-15-23(24)27(5,6)7/h9-16,20-21H,8,17-18H2,1-7H3,(H,28,31)/t20-,21+/m0/s1. The summed E-state index contributed by atoms with van der Waals surface area (Å²) in [6, 6.07) is 15.1. The highest BCUT2D eigenvalue weighted by molar-refractivity contribution is 5.88. The highest BCUT2D eigenvalue weighted by atomic mass is 16.5. The first kappa shape index (κ1) is 25.4. The van der Waals surface area contributed by atoms with Crippen molar-refractivity contribution in [1.29, 1.82) is 0 Å². The fourth-order valence-corrected chi connectivity index (χ4v) is 3.45. The first-order valence-electron chi connectivity index (χ1n) is 11.4.